The van der Waals surface area contributed by atoms with Gasteiger partial charge < -0.3 is 10.6 Å². The van der Waals surface area contributed by atoms with Crippen molar-refractivity contribution in [1.82, 2.24) is 15.2 Å². The molecule has 112 valence electrons. The molecule has 21 heavy (non-hydrogen) atoms. The van der Waals surface area contributed by atoms with Gasteiger partial charge in [0.15, 0.2) is 23.3 Å². The van der Waals surface area contributed by atoms with Crippen LogP contribution >= 0.6 is 0 Å². The van der Waals surface area contributed by atoms with Gasteiger partial charge in [0.05, 0.1) is 11.9 Å². The van der Waals surface area contributed by atoms with Crippen LogP contribution in [0.3, 0.4) is 0 Å². The fourth-order valence-electron chi connectivity index (χ4n) is 1.58. The molecule has 0 saturated carbocycles. The Morgan fingerprint density at radius 1 is 1.14 bits per heavy atom. The van der Waals surface area contributed by atoms with E-state index in [4.69, 9.17) is 0 Å². The number of halogens is 3. The molecular weight excluding hydrogens is 283 g/mol. The first-order chi connectivity index (χ1) is 10.1. The van der Waals surface area contributed by atoms with Gasteiger partial charge in [-0.15, -0.1) is 5.10 Å². The molecule has 2 N–H and O–H groups in total. The average molecular weight is 297 g/mol. The summed E-state index contributed by atoms with van der Waals surface area (Å²) in [7, 11) is 0. The van der Waals surface area contributed by atoms with E-state index in [9.17, 15) is 13.2 Å². The van der Waals surface area contributed by atoms with Gasteiger partial charge in [-0.1, -0.05) is 13.3 Å². The summed E-state index contributed by atoms with van der Waals surface area (Å²) in [5.41, 5.74) is -0.228. The normalized spacial score (nSPS) is 10.5. The van der Waals surface area contributed by atoms with Crippen LogP contribution in [0.15, 0.2) is 18.3 Å². The van der Waals surface area contributed by atoms with E-state index in [1.165, 1.54) is 6.20 Å². The van der Waals surface area contributed by atoms with Gasteiger partial charge in [0.25, 0.3) is 0 Å². The Morgan fingerprint density at radius 3 is 2.71 bits per heavy atom. The predicted octanol–water partition coefficient (Wildman–Crippen LogP) is 3.24. The molecule has 0 amide bonds. The lowest BCUT2D eigenvalue weighted by atomic mass is 10.3. The molecular formula is C13H14F3N5. The quantitative estimate of drug-likeness (QED) is 0.633. The van der Waals surface area contributed by atoms with Crippen LogP contribution in [0.1, 0.15) is 19.8 Å². The van der Waals surface area contributed by atoms with Crippen molar-refractivity contribution in [1.29, 1.82) is 0 Å². The molecule has 0 spiro atoms. The molecule has 8 heteroatoms. The van der Waals surface area contributed by atoms with Crippen LogP contribution in [0.4, 0.5) is 30.6 Å². The molecule has 1 aromatic carbocycles. The fourth-order valence-corrected chi connectivity index (χ4v) is 1.58. The van der Waals surface area contributed by atoms with Crippen LogP contribution < -0.4 is 10.6 Å². The minimum atomic E-state index is -1.54. The fraction of sp³-hybridized carbons (Fsp3) is 0.308. The molecule has 5 nitrogen and oxygen atoms in total. The van der Waals surface area contributed by atoms with Crippen molar-refractivity contribution < 1.29 is 13.2 Å². The van der Waals surface area contributed by atoms with Crippen molar-refractivity contribution in [3.05, 3.63) is 35.8 Å². The Hall–Kier alpha value is -2.38. The van der Waals surface area contributed by atoms with Gasteiger partial charge in [-0.05, 0) is 18.6 Å². The number of nitrogens with one attached hydrogen (secondary N) is 2. The van der Waals surface area contributed by atoms with E-state index in [2.05, 4.69) is 25.8 Å². The summed E-state index contributed by atoms with van der Waals surface area (Å²) in [6, 6.07) is 1.91. The molecule has 0 aliphatic heterocycles. The van der Waals surface area contributed by atoms with Crippen molar-refractivity contribution in [2.75, 3.05) is 17.2 Å². The number of rotatable bonds is 6. The zero-order valence-corrected chi connectivity index (χ0v) is 11.3. The Labute approximate surface area is 119 Å². The highest BCUT2D eigenvalue weighted by molar-refractivity contribution is 5.57. The Bertz CT molecular complexity index is 621. The maximum atomic E-state index is 13.5. The van der Waals surface area contributed by atoms with Crippen LogP contribution in [0.25, 0.3) is 0 Å². The number of anilines is 3. The predicted molar refractivity (Wildman–Crippen MR) is 72.8 cm³/mol. The molecule has 0 saturated heterocycles. The zero-order valence-electron chi connectivity index (χ0n) is 11.3. The minimum absolute atomic E-state index is 0.175. The largest absolute Gasteiger partial charge is 0.353 e. The van der Waals surface area contributed by atoms with Crippen LogP contribution in [0, 0.1) is 17.5 Å². The number of hydrogen-bond acceptors (Lipinski definition) is 5. The van der Waals surface area contributed by atoms with Gasteiger partial charge in [0, 0.05) is 6.54 Å². The molecule has 1 aromatic heterocycles. The first kappa shape index (κ1) is 15.0. The second-order valence-electron chi connectivity index (χ2n) is 4.29. The summed E-state index contributed by atoms with van der Waals surface area (Å²) >= 11 is 0. The lowest BCUT2D eigenvalue weighted by molar-refractivity contribution is 0.449. The molecule has 0 bridgehead atoms. The summed E-state index contributed by atoms with van der Waals surface area (Å²) in [6.07, 6.45) is 3.21. The maximum absolute atomic E-state index is 13.5. The summed E-state index contributed by atoms with van der Waals surface area (Å²) in [6.45, 7) is 2.73. The van der Waals surface area contributed by atoms with E-state index < -0.39 is 17.5 Å². The standard InChI is InChI=1S/C13H14F3N5/c1-2-3-6-17-13-20-10(7-18-21-13)19-9-5-4-8(14)11(15)12(9)16/h4-5,7H,2-3,6H2,1H3,(H2,17,19,20,21). The first-order valence-corrected chi connectivity index (χ1v) is 6.46. The number of aromatic nitrogens is 3. The average Bonchev–Trinajstić information content (AvgIpc) is 2.49. The van der Waals surface area contributed by atoms with Gasteiger partial charge in [0.1, 0.15) is 0 Å². The van der Waals surface area contributed by atoms with E-state index >= 15 is 0 Å². The maximum Gasteiger partial charge on any atom is 0.244 e. The number of hydrogen-bond donors (Lipinski definition) is 2. The van der Waals surface area contributed by atoms with Crippen molar-refractivity contribution in [3.8, 4) is 0 Å². The van der Waals surface area contributed by atoms with Gasteiger partial charge >= 0.3 is 0 Å². The van der Waals surface area contributed by atoms with E-state index in [1.54, 1.807) is 0 Å². The number of nitrogens with zero attached hydrogens (tertiary/aromatic N) is 3. The molecule has 0 unspecified atom stereocenters. The lowest BCUT2D eigenvalue weighted by Gasteiger charge is -2.08. The molecule has 0 radical (unpaired) electrons. The zero-order chi connectivity index (χ0) is 15.2. The van der Waals surface area contributed by atoms with Crippen LogP contribution in [-0.2, 0) is 0 Å². The Balaban J connectivity index is 2.13. The smallest absolute Gasteiger partial charge is 0.244 e. The molecule has 0 atom stereocenters. The third-order valence-electron chi connectivity index (χ3n) is 2.67. The van der Waals surface area contributed by atoms with Gasteiger partial charge in [-0.3, -0.25) is 0 Å². The third kappa shape index (κ3) is 3.80. The second kappa shape index (κ2) is 6.87. The number of unbranched alkanes of at least 4 members (excludes halogenated alkanes) is 1. The second-order valence-corrected chi connectivity index (χ2v) is 4.29. The Morgan fingerprint density at radius 2 is 1.95 bits per heavy atom. The molecule has 2 aromatic rings. The van der Waals surface area contributed by atoms with E-state index in [0.29, 0.717) is 6.54 Å². The van der Waals surface area contributed by atoms with E-state index in [1.807, 2.05) is 6.92 Å². The lowest BCUT2D eigenvalue weighted by Crippen LogP contribution is -2.08. The van der Waals surface area contributed by atoms with Crippen molar-refractivity contribution in [3.63, 3.8) is 0 Å². The molecule has 0 aliphatic rings. The third-order valence-corrected chi connectivity index (χ3v) is 2.67. The van der Waals surface area contributed by atoms with Crippen molar-refractivity contribution in [2.45, 2.75) is 19.8 Å². The van der Waals surface area contributed by atoms with Gasteiger partial charge in [-0.25, -0.2) is 13.2 Å². The van der Waals surface area contributed by atoms with E-state index in [0.717, 1.165) is 25.0 Å². The summed E-state index contributed by atoms with van der Waals surface area (Å²) in [4.78, 5) is 4.05. The molecule has 1 heterocycles. The minimum Gasteiger partial charge on any atom is -0.353 e. The first-order valence-electron chi connectivity index (χ1n) is 6.46. The summed E-state index contributed by atoms with van der Waals surface area (Å²) in [5, 5.41) is 13.0. The molecule has 0 fully saturated rings. The van der Waals surface area contributed by atoms with Crippen molar-refractivity contribution >= 4 is 17.5 Å². The van der Waals surface area contributed by atoms with Gasteiger partial charge in [0.2, 0.25) is 5.95 Å². The molecule has 2 rings (SSSR count). The molecule has 0 aliphatic carbocycles. The van der Waals surface area contributed by atoms with Crippen LogP contribution in [0.5, 0.6) is 0 Å². The topological polar surface area (TPSA) is 62.7 Å². The van der Waals surface area contributed by atoms with E-state index in [-0.39, 0.29) is 17.5 Å². The van der Waals surface area contributed by atoms with Gasteiger partial charge in [-0.2, -0.15) is 10.1 Å². The SMILES string of the molecule is CCCCNc1nncc(Nc2ccc(F)c(F)c2F)n1. The highest BCUT2D eigenvalue weighted by Gasteiger charge is 2.14. The highest BCUT2D eigenvalue weighted by atomic mass is 19.2. The number of benzene rings is 1. The summed E-state index contributed by atoms with van der Waals surface area (Å²) in [5.74, 6) is -3.65. The monoisotopic (exact) mass is 297 g/mol. The van der Waals surface area contributed by atoms with Crippen LogP contribution in [0.2, 0.25) is 0 Å². The van der Waals surface area contributed by atoms with Crippen LogP contribution in [-0.4, -0.2) is 21.7 Å². The highest BCUT2D eigenvalue weighted by Crippen LogP contribution is 2.22. The van der Waals surface area contributed by atoms with Crippen molar-refractivity contribution in [2.24, 2.45) is 0 Å². The Kier molecular flexibility index (Phi) is 4.91. The summed E-state index contributed by atoms with van der Waals surface area (Å²) < 4.78 is 39.5.